The number of hydrogen-bond acceptors (Lipinski definition) is 5. The van der Waals surface area contributed by atoms with Gasteiger partial charge in [0.05, 0.1) is 0 Å². The van der Waals surface area contributed by atoms with Crippen LogP contribution in [0.15, 0.2) is 48.5 Å². The zero-order chi connectivity index (χ0) is 19.4. The summed E-state index contributed by atoms with van der Waals surface area (Å²) in [6, 6.07) is 13.9. The molecule has 0 aliphatic rings. The summed E-state index contributed by atoms with van der Waals surface area (Å²) >= 11 is 12.8. The summed E-state index contributed by atoms with van der Waals surface area (Å²) in [5, 5.41) is 8.02. The number of hydrogen-bond donors (Lipinski definition) is 1. The molecule has 0 saturated carbocycles. The van der Waals surface area contributed by atoms with Crippen LogP contribution in [-0.2, 0) is 0 Å². The third kappa shape index (κ3) is 4.91. The number of aromatic nitrogens is 2. The molecule has 3 aromatic rings. The van der Waals surface area contributed by atoms with Gasteiger partial charge in [0.15, 0.2) is 11.5 Å². The summed E-state index contributed by atoms with van der Waals surface area (Å²) < 4.78 is 3.81. The van der Waals surface area contributed by atoms with E-state index < -0.39 is 0 Å². The average molecular weight is 420 g/mol. The number of nitrogens with zero attached hydrogens (tertiary/aromatic N) is 2. The molecule has 1 heterocycles. The minimum atomic E-state index is -0.372. The van der Waals surface area contributed by atoms with E-state index in [0.29, 0.717) is 20.6 Å². The number of carbonyl (C=O) groups is 2. The van der Waals surface area contributed by atoms with Crippen LogP contribution in [0.3, 0.4) is 0 Å². The summed E-state index contributed by atoms with van der Waals surface area (Å²) in [5.41, 5.74) is 1.56. The van der Waals surface area contributed by atoms with Gasteiger partial charge in [0, 0.05) is 33.6 Å². The minimum Gasteiger partial charge on any atom is -0.310 e. The molecule has 1 atom stereocenters. The van der Waals surface area contributed by atoms with Gasteiger partial charge >= 0.3 is 0 Å². The van der Waals surface area contributed by atoms with Crippen LogP contribution in [-0.4, -0.2) is 21.3 Å². The Labute approximate surface area is 170 Å². The SMILES string of the molecule is CC(CC(=O)c1nnsc1NC(=O)c1cccc(Cl)c1)c1ccc(Cl)cc1. The monoisotopic (exact) mass is 419 g/mol. The van der Waals surface area contributed by atoms with Gasteiger partial charge in [-0.15, -0.1) is 5.10 Å². The van der Waals surface area contributed by atoms with E-state index in [4.69, 9.17) is 23.2 Å². The Kier molecular flexibility index (Phi) is 6.21. The molecule has 2 aromatic carbocycles. The summed E-state index contributed by atoms with van der Waals surface area (Å²) in [6.07, 6.45) is 0.243. The molecule has 27 heavy (non-hydrogen) atoms. The summed E-state index contributed by atoms with van der Waals surface area (Å²) in [6.45, 7) is 1.95. The van der Waals surface area contributed by atoms with Crippen LogP contribution in [0.5, 0.6) is 0 Å². The largest absolute Gasteiger partial charge is 0.310 e. The lowest BCUT2D eigenvalue weighted by atomic mass is 9.95. The van der Waals surface area contributed by atoms with Crippen LogP contribution >= 0.6 is 34.7 Å². The van der Waals surface area contributed by atoms with E-state index in [-0.39, 0.29) is 29.7 Å². The quantitative estimate of drug-likeness (QED) is 0.537. The molecule has 0 aliphatic heterocycles. The Morgan fingerprint density at radius 1 is 1.11 bits per heavy atom. The summed E-state index contributed by atoms with van der Waals surface area (Å²) in [7, 11) is 0. The third-order valence-electron chi connectivity index (χ3n) is 4.00. The summed E-state index contributed by atoms with van der Waals surface area (Å²) in [5.74, 6) is -0.580. The van der Waals surface area contributed by atoms with Crippen molar-refractivity contribution in [3.05, 3.63) is 75.4 Å². The van der Waals surface area contributed by atoms with Crippen molar-refractivity contribution in [2.24, 2.45) is 0 Å². The van der Waals surface area contributed by atoms with Gasteiger partial charge < -0.3 is 5.32 Å². The highest BCUT2D eigenvalue weighted by atomic mass is 35.5. The van der Waals surface area contributed by atoms with Gasteiger partial charge in [-0.1, -0.05) is 52.8 Å². The highest BCUT2D eigenvalue weighted by molar-refractivity contribution is 7.10. The fourth-order valence-electron chi connectivity index (χ4n) is 2.54. The second-order valence-corrected chi connectivity index (χ2v) is 7.62. The number of nitrogens with one attached hydrogen (secondary N) is 1. The molecule has 8 heteroatoms. The van der Waals surface area contributed by atoms with Crippen molar-refractivity contribution < 1.29 is 9.59 Å². The lowest BCUT2D eigenvalue weighted by molar-refractivity contribution is 0.0971. The van der Waals surface area contributed by atoms with E-state index in [1.165, 1.54) is 0 Å². The van der Waals surface area contributed by atoms with Crippen molar-refractivity contribution in [1.29, 1.82) is 0 Å². The highest BCUT2D eigenvalue weighted by Crippen LogP contribution is 2.26. The van der Waals surface area contributed by atoms with Gasteiger partial charge in [-0.3, -0.25) is 9.59 Å². The van der Waals surface area contributed by atoms with Crippen LogP contribution in [0.25, 0.3) is 0 Å². The molecule has 1 aromatic heterocycles. The second kappa shape index (κ2) is 8.61. The number of benzene rings is 2. The predicted molar refractivity (Wildman–Crippen MR) is 108 cm³/mol. The first-order chi connectivity index (χ1) is 12.9. The van der Waals surface area contributed by atoms with Crippen molar-refractivity contribution in [2.75, 3.05) is 5.32 Å². The Morgan fingerprint density at radius 3 is 2.56 bits per heavy atom. The molecule has 5 nitrogen and oxygen atoms in total. The lowest BCUT2D eigenvalue weighted by Crippen LogP contribution is -2.14. The third-order valence-corrected chi connectivity index (χ3v) is 5.12. The van der Waals surface area contributed by atoms with Crippen LogP contribution < -0.4 is 5.32 Å². The van der Waals surface area contributed by atoms with E-state index in [1.807, 2.05) is 19.1 Å². The molecule has 1 amide bonds. The first-order valence-electron chi connectivity index (χ1n) is 8.12. The van der Waals surface area contributed by atoms with Crippen molar-refractivity contribution >= 4 is 51.4 Å². The fourth-order valence-corrected chi connectivity index (χ4v) is 3.44. The van der Waals surface area contributed by atoms with Gasteiger partial charge in [-0.25, -0.2) is 0 Å². The normalized spacial score (nSPS) is 11.8. The van der Waals surface area contributed by atoms with Gasteiger partial charge in [0.2, 0.25) is 0 Å². The molecule has 138 valence electrons. The molecule has 0 bridgehead atoms. The molecular weight excluding hydrogens is 405 g/mol. The number of Topliss-reactive ketones (excluding diaryl/α,β-unsaturated/α-hetero) is 1. The molecule has 1 N–H and O–H groups in total. The van der Waals surface area contributed by atoms with E-state index in [1.54, 1.807) is 36.4 Å². The second-order valence-electron chi connectivity index (χ2n) is 6.00. The molecule has 0 saturated heterocycles. The Morgan fingerprint density at radius 2 is 1.85 bits per heavy atom. The highest BCUT2D eigenvalue weighted by Gasteiger charge is 2.21. The molecule has 0 fully saturated rings. The number of rotatable bonds is 6. The van der Waals surface area contributed by atoms with Gasteiger partial charge in [-0.05, 0) is 41.8 Å². The zero-order valence-electron chi connectivity index (χ0n) is 14.3. The zero-order valence-corrected chi connectivity index (χ0v) is 16.6. The van der Waals surface area contributed by atoms with Gasteiger partial charge in [0.1, 0.15) is 5.00 Å². The molecule has 0 radical (unpaired) electrons. The lowest BCUT2D eigenvalue weighted by Gasteiger charge is -2.11. The number of halogens is 2. The maximum absolute atomic E-state index is 12.7. The number of ketones is 1. The number of amides is 1. The maximum atomic E-state index is 12.7. The molecule has 1 unspecified atom stereocenters. The van der Waals surface area contributed by atoms with Crippen molar-refractivity contribution in [3.63, 3.8) is 0 Å². The smallest absolute Gasteiger partial charge is 0.256 e. The minimum absolute atomic E-state index is 0.0204. The average Bonchev–Trinajstić information content (AvgIpc) is 3.10. The van der Waals surface area contributed by atoms with Crippen molar-refractivity contribution in [3.8, 4) is 0 Å². The molecular formula is C19H15Cl2N3O2S. The first kappa shape index (κ1) is 19.5. The van der Waals surface area contributed by atoms with Gasteiger partial charge in [0.25, 0.3) is 5.91 Å². The Balaban J connectivity index is 1.71. The van der Waals surface area contributed by atoms with E-state index in [0.717, 1.165) is 17.1 Å². The molecule has 0 spiro atoms. The molecule has 0 aliphatic carbocycles. The van der Waals surface area contributed by atoms with Crippen LogP contribution in [0.2, 0.25) is 10.0 Å². The first-order valence-corrected chi connectivity index (χ1v) is 9.65. The topological polar surface area (TPSA) is 72.0 Å². The van der Waals surface area contributed by atoms with Crippen molar-refractivity contribution in [2.45, 2.75) is 19.3 Å². The van der Waals surface area contributed by atoms with E-state index >= 15 is 0 Å². The standard InChI is InChI=1S/C19H15Cl2N3O2S/c1-11(12-5-7-14(20)8-6-12)9-16(25)17-19(27-24-23-17)22-18(26)13-3-2-4-15(21)10-13/h2-8,10-11H,9H2,1H3,(H,22,26). The van der Waals surface area contributed by atoms with Gasteiger partial charge in [-0.2, -0.15) is 0 Å². The van der Waals surface area contributed by atoms with E-state index in [2.05, 4.69) is 14.9 Å². The maximum Gasteiger partial charge on any atom is 0.256 e. The number of carbonyl (C=O) groups excluding carboxylic acids is 2. The predicted octanol–water partition coefficient (Wildman–Crippen LogP) is 5.47. The van der Waals surface area contributed by atoms with Crippen LogP contribution in [0, 0.1) is 0 Å². The molecule has 3 rings (SSSR count). The fraction of sp³-hybridized carbons (Fsp3) is 0.158. The van der Waals surface area contributed by atoms with Crippen LogP contribution in [0.4, 0.5) is 5.00 Å². The van der Waals surface area contributed by atoms with E-state index in [9.17, 15) is 9.59 Å². The Bertz CT molecular complexity index is 973. The summed E-state index contributed by atoms with van der Waals surface area (Å²) in [4.78, 5) is 25.0. The van der Waals surface area contributed by atoms with Crippen LogP contribution in [0.1, 0.15) is 45.7 Å². The number of anilines is 1. The van der Waals surface area contributed by atoms with Crippen molar-refractivity contribution in [1.82, 2.24) is 9.59 Å². The Hall–Kier alpha value is -2.28.